The molecule has 1 unspecified atom stereocenters. The summed E-state index contributed by atoms with van der Waals surface area (Å²) in [7, 11) is -2.17. The van der Waals surface area contributed by atoms with Crippen LogP contribution < -0.4 is 16.0 Å². The number of hydrogen-bond donors (Lipinski definition) is 3. The SMILES string of the molecule is CCCCN(C)C(=O)N[C@H](C(=O)N[C@@H](Cc1ccccc1)[C@H]1O[C@H]1CC(=O)NC(Cc1ccccc1)C(C)C)C(C)(C)S(C)(=O)=O. The molecule has 0 radical (unpaired) electrons. The molecular weight excluding hydrogens is 604 g/mol. The molecule has 1 saturated heterocycles. The molecule has 4 amide bonds. The lowest BCUT2D eigenvalue weighted by molar-refractivity contribution is -0.124. The Morgan fingerprint density at radius 2 is 1.48 bits per heavy atom. The van der Waals surface area contributed by atoms with Gasteiger partial charge < -0.3 is 25.6 Å². The van der Waals surface area contributed by atoms with E-state index in [9.17, 15) is 22.8 Å². The number of amides is 4. The summed E-state index contributed by atoms with van der Waals surface area (Å²) in [6.45, 7) is 9.50. The number of sulfone groups is 1. The first-order chi connectivity index (χ1) is 21.6. The summed E-state index contributed by atoms with van der Waals surface area (Å²) < 4.78 is 30.1. The number of unbranched alkanes of at least 4 members (excludes halogenated alkanes) is 1. The second-order valence-electron chi connectivity index (χ2n) is 13.3. The highest BCUT2D eigenvalue weighted by molar-refractivity contribution is 7.92. The van der Waals surface area contributed by atoms with Gasteiger partial charge >= 0.3 is 6.03 Å². The first-order valence-electron chi connectivity index (χ1n) is 16.2. The van der Waals surface area contributed by atoms with E-state index < -0.39 is 50.8 Å². The van der Waals surface area contributed by atoms with E-state index in [1.807, 2.05) is 67.6 Å². The van der Waals surface area contributed by atoms with Gasteiger partial charge in [-0.05, 0) is 50.2 Å². The molecule has 1 aliphatic heterocycles. The van der Waals surface area contributed by atoms with Crippen LogP contribution in [0.4, 0.5) is 4.79 Å². The van der Waals surface area contributed by atoms with Gasteiger partial charge in [0.15, 0.2) is 9.84 Å². The maximum Gasteiger partial charge on any atom is 0.317 e. The number of ether oxygens (including phenoxy) is 1. The minimum absolute atomic E-state index is 0.0510. The lowest BCUT2D eigenvalue weighted by Crippen LogP contribution is -2.63. The predicted molar refractivity (Wildman–Crippen MR) is 181 cm³/mol. The number of hydrogen-bond acceptors (Lipinski definition) is 6. The maximum atomic E-state index is 13.9. The first kappa shape index (κ1) is 37.0. The monoisotopic (exact) mass is 656 g/mol. The third-order valence-electron chi connectivity index (χ3n) is 8.86. The molecule has 254 valence electrons. The summed E-state index contributed by atoms with van der Waals surface area (Å²) in [5, 5.41) is 8.84. The van der Waals surface area contributed by atoms with Crippen LogP contribution in [0.25, 0.3) is 0 Å². The minimum Gasteiger partial charge on any atom is -0.367 e. The zero-order chi connectivity index (χ0) is 34.1. The number of carbonyl (C=O) groups is 3. The Morgan fingerprint density at radius 1 is 0.913 bits per heavy atom. The van der Waals surface area contributed by atoms with E-state index >= 15 is 0 Å². The Hall–Kier alpha value is -3.44. The second kappa shape index (κ2) is 16.4. The fourth-order valence-electron chi connectivity index (χ4n) is 5.33. The molecule has 3 N–H and O–H groups in total. The average molecular weight is 657 g/mol. The summed E-state index contributed by atoms with van der Waals surface area (Å²) in [4.78, 5) is 41.6. The molecule has 2 aromatic carbocycles. The van der Waals surface area contributed by atoms with Crippen LogP contribution in [0.15, 0.2) is 60.7 Å². The van der Waals surface area contributed by atoms with Crippen LogP contribution in [0.2, 0.25) is 0 Å². The van der Waals surface area contributed by atoms with E-state index in [4.69, 9.17) is 4.74 Å². The van der Waals surface area contributed by atoms with Gasteiger partial charge in [0.1, 0.15) is 12.1 Å². The van der Waals surface area contributed by atoms with E-state index in [1.165, 1.54) is 18.7 Å². The smallest absolute Gasteiger partial charge is 0.317 e. The van der Waals surface area contributed by atoms with E-state index in [2.05, 4.69) is 29.8 Å². The summed E-state index contributed by atoms with van der Waals surface area (Å²) in [6.07, 6.45) is 3.05. The number of nitrogens with zero attached hydrogens (tertiary/aromatic N) is 1. The van der Waals surface area contributed by atoms with Crippen LogP contribution >= 0.6 is 0 Å². The van der Waals surface area contributed by atoms with Crippen molar-refractivity contribution in [1.29, 1.82) is 0 Å². The first-order valence-corrected chi connectivity index (χ1v) is 18.1. The molecule has 0 spiro atoms. The number of epoxide rings is 1. The number of carbonyl (C=O) groups excluding carboxylic acids is 3. The average Bonchev–Trinajstić information content (AvgIpc) is 3.76. The van der Waals surface area contributed by atoms with Crippen molar-refractivity contribution in [2.75, 3.05) is 19.8 Å². The molecule has 0 aliphatic carbocycles. The molecule has 1 heterocycles. The maximum absolute atomic E-state index is 13.9. The highest BCUT2D eigenvalue weighted by atomic mass is 32.2. The molecule has 0 saturated carbocycles. The van der Waals surface area contributed by atoms with Crippen LogP contribution in [-0.4, -0.2) is 86.1 Å². The molecule has 0 aromatic heterocycles. The Bertz CT molecular complexity index is 1400. The Balaban J connectivity index is 1.76. The van der Waals surface area contributed by atoms with Gasteiger partial charge in [0, 0.05) is 25.9 Å². The fraction of sp³-hybridized carbons (Fsp3) is 0.571. The van der Waals surface area contributed by atoms with Gasteiger partial charge in [0.05, 0.1) is 23.3 Å². The summed E-state index contributed by atoms with van der Waals surface area (Å²) in [5.41, 5.74) is 2.08. The summed E-state index contributed by atoms with van der Waals surface area (Å²) in [5.74, 6) is -0.544. The van der Waals surface area contributed by atoms with Crippen LogP contribution in [0.3, 0.4) is 0 Å². The third kappa shape index (κ3) is 10.6. The lowest BCUT2D eigenvalue weighted by Gasteiger charge is -2.34. The van der Waals surface area contributed by atoms with Crippen molar-refractivity contribution >= 4 is 27.7 Å². The number of rotatable bonds is 17. The van der Waals surface area contributed by atoms with Crippen molar-refractivity contribution in [3.8, 4) is 0 Å². The van der Waals surface area contributed by atoms with Gasteiger partial charge in [0.2, 0.25) is 11.8 Å². The fourth-order valence-corrected chi connectivity index (χ4v) is 5.92. The number of nitrogens with one attached hydrogen (secondary N) is 3. The lowest BCUT2D eigenvalue weighted by atomic mass is 9.95. The molecule has 11 heteroatoms. The molecular formula is C35H52N4O6S. The molecule has 10 nitrogen and oxygen atoms in total. The van der Waals surface area contributed by atoms with Gasteiger partial charge in [-0.25, -0.2) is 13.2 Å². The van der Waals surface area contributed by atoms with Crippen LogP contribution in [0.5, 0.6) is 0 Å². The van der Waals surface area contributed by atoms with Crippen LogP contribution in [0.1, 0.15) is 65.0 Å². The highest BCUT2D eigenvalue weighted by Gasteiger charge is 2.49. The molecule has 1 aliphatic rings. The molecule has 5 atom stereocenters. The number of benzene rings is 2. The normalized spacial score (nSPS) is 18.3. The Labute approximate surface area is 275 Å². The van der Waals surface area contributed by atoms with Crippen LogP contribution in [0, 0.1) is 5.92 Å². The zero-order valence-corrected chi connectivity index (χ0v) is 29.1. The van der Waals surface area contributed by atoms with Gasteiger partial charge in [-0.3, -0.25) is 9.59 Å². The predicted octanol–water partition coefficient (Wildman–Crippen LogP) is 3.89. The Kier molecular flexibility index (Phi) is 13.2. The molecule has 1 fully saturated rings. The van der Waals surface area contributed by atoms with Crippen molar-refractivity contribution in [2.24, 2.45) is 5.92 Å². The van der Waals surface area contributed by atoms with Gasteiger partial charge in [-0.1, -0.05) is 87.9 Å². The summed E-state index contributed by atoms with van der Waals surface area (Å²) in [6, 6.07) is 17.1. The topological polar surface area (TPSA) is 137 Å². The van der Waals surface area contributed by atoms with Gasteiger partial charge in [0.25, 0.3) is 0 Å². The van der Waals surface area contributed by atoms with Crippen molar-refractivity contribution in [3.63, 3.8) is 0 Å². The second-order valence-corrected chi connectivity index (χ2v) is 15.9. The van der Waals surface area contributed by atoms with E-state index in [0.29, 0.717) is 19.4 Å². The van der Waals surface area contributed by atoms with Crippen molar-refractivity contribution in [3.05, 3.63) is 71.8 Å². The van der Waals surface area contributed by atoms with E-state index in [-0.39, 0.29) is 24.3 Å². The highest BCUT2D eigenvalue weighted by Crippen LogP contribution is 2.31. The standard InChI is InChI=1S/C35H52N4O6S/c1-8-9-20-39(6)34(42)38-32(35(4,5)46(7,43)44)33(41)37-28(22-26-18-14-11-15-19-26)31-29(45-31)23-30(40)36-27(24(2)3)21-25-16-12-10-13-17-25/h10-19,24,27-29,31-32H,8-9,20-23H2,1-7H3,(H,36,40)(H,37,41)(H,38,42)/t27?,28-,29-,31+,32+/m0/s1. The Morgan fingerprint density at radius 3 is 2.00 bits per heavy atom. The zero-order valence-electron chi connectivity index (χ0n) is 28.3. The molecule has 0 bridgehead atoms. The van der Waals surface area contributed by atoms with E-state index in [1.54, 1.807) is 7.05 Å². The van der Waals surface area contributed by atoms with E-state index in [0.717, 1.165) is 30.2 Å². The van der Waals surface area contributed by atoms with Crippen molar-refractivity contribution in [2.45, 2.75) is 102 Å². The van der Waals surface area contributed by atoms with Crippen molar-refractivity contribution in [1.82, 2.24) is 20.9 Å². The minimum atomic E-state index is -3.78. The van der Waals surface area contributed by atoms with Gasteiger partial charge in [-0.2, -0.15) is 0 Å². The third-order valence-corrected chi connectivity index (χ3v) is 11.0. The quantitative estimate of drug-likeness (QED) is 0.221. The molecule has 2 aromatic rings. The molecule has 46 heavy (non-hydrogen) atoms. The number of urea groups is 1. The summed E-state index contributed by atoms with van der Waals surface area (Å²) >= 11 is 0. The van der Waals surface area contributed by atoms with Crippen molar-refractivity contribution < 1.29 is 27.5 Å². The van der Waals surface area contributed by atoms with Gasteiger partial charge in [-0.15, -0.1) is 0 Å². The molecule has 3 rings (SSSR count). The largest absolute Gasteiger partial charge is 0.367 e. The van der Waals surface area contributed by atoms with Crippen LogP contribution in [-0.2, 0) is 37.0 Å².